The molecular weight excluding hydrogens is 286 g/mol. The zero-order valence-corrected chi connectivity index (χ0v) is 14.1. The van der Waals surface area contributed by atoms with Gasteiger partial charge in [0.05, 0.1) is 13.2 Å². The van der Waals surface area contributed by atoms with Gasteiger partial charge in [-0.3, -0.25) is 4.79 Å². The molecule has 1 atom stereocenters. The van der Waals surface area contributed by atoms with Crippen molar-refractivity contribution in [1.29, 1.82) is 0 Å². The van der Waals surface area contributed by atoms with E-state index >= 15 is 0 Å². The second-order valence-corrected chi connectivity index (χ2v) is 5.73. The Labute approximate surface area is 138 Å². The summed E-state index contributed by atoms with van der Waals surface area (Å²) in [6.45, 7) is 4.18. The van der Waals surface area contributed by atoms with Crippen LogP contribution < -0.4 is 10.1 Å². The minimum Gasteiger partial charge on any atom is -0.497 e. The van der Waals surface area contributed by atoms with E-state index in [0.29, 0.717) is 6.42 Å². The fraction of sp³-hybridized carbons (Fsp3) is 0.350. The summed E-state index contributed by atoms with van der Waals surface area (Å²) in [7, 11) is 1.65. The van der Waals surface area contributed by atoms with Crippen LogP contribution in [-0.4, -0.2) is 13.0 Å². The van der Waals surface area contributed by atoms with E-state index in [1.165, 1.54) is 11.1 Å². The van der Waals surface area contributed by atoms with Gasteiger partial charge >= 0.3 is 0 Å². The van der Waals surface area contributed by atoms with Crippen molar-refractivity contribution in [3.63, 3.8) is 0 Å². The van der Waals surface area contributed by atoms with Gasteiger partial charge in [-0.15, -0.1) is 0 Å². The average Bonchev–Trinajstić information content (AvgIpc) is 2.59. The fourth-order valence-electron chi connectivity index (χ4n) is 2.69. The zero-order chi connectivity index (χ0) is 16.7. The lowest BCUT2D eigenvalue weighted by Gasteiger charge is -2.19. The monoisotopic (exact) mass is 311 g/mol. The van der Waals surface area contributed by atoms with E-state index in [0.717, 1.165) is 24.2 Å². The van der Waals surface area contributed by atoms with Crippen LogP contribution in [0.2, 0.25) is 0 Å². The largest absolute Gasteiger partial charge is 0.497 e. The lowest BCUT2D eigenvalue weighted by Crippen LogP contribution is -2.28. The molecule has 0 radical (unpaired) electrons. The van der Waals surface area contributed by atoms with Crippen LogP contribution in [0.5, 0.6) is 5.75 Å². The molecule has 0 aromatic heterocycles. The third kappa shape index (κ3) is 4.85. The summed E-state index contributed by atoms with van der Waals surface area (Å²) in [5.41, 5.74) is 3.56. The number of amides is 1. The summed E-state index contributed by atoms with van der Waals surface area (Å²) in [5.74, 6) is 0.930. The van der Waals surface area contributed by atoms with Crippen molar-refractivity contribution < 1.29 is 9.53 Å². The van der Waals surface area contributed by atoms with Gasteiger partial charge in [-0.2, -0.15) is 0 Å². The molecule has 2 rings (SSSR count). The fourth-order valence-corrected chi connectivity index (χ4v) is 2.69. The van der Waals surface area contributed by atoms with Gasteiger partial charge < -0.3 is 10.1 Å². The highest BCUT2D eigenvalue weighted by atomic mass is 16.5. The van der Waals surface area contributed by atoms with Crippen LogP contribution in [0.4, 0.5) is 0 Å². The van der Waals surface area contributed by atoms with Gasteiger partial charge in [0.2, 0.25) is 5.91 Å². The van der Waals surface area contributed by atoms with Crippen LogP contribution in [0.1, 0.15) is 42.5 Å². The zero-order valence-electron chi connectivity index (χ0n) is 14.1. The molecular formula is C20H25NO2. The molecule has 1 N–H and O–H groups in total. The first-order valence-corrected chi connectivity index (χ1v) is 8.12. The molecule has 0 bridgehead atoms. The molecule has 0 saturated heterocycles. The van der Waals surface area contributed by atoms with E-state index in [-0.39, 0.29) is 11.9 Å². The molecule has 1 amide bonds. The first-order valence-electron chi connectivity index (χ1n) is 8.12. The summed E-state index contributed by atoms with van der Waals surface area (Å²) in [6.07, 6.45) is 2.12. The molecule has 3 nitrogen and oxygen atoms in total. The smallest absolute Gasteiger partial charge is 0.220 e. The molecule has 2 aromatic carbocycles. The van der Waals surface area contributed by atoms with E-state index in [2.05, 4.69) is 31.3 Å². The van der Waals surface area contributed by atoms with Gasteiger partial charge in [0.15, 0.2) is 0 Å². The Bertz CT molecular complexity index is 634. The van der Waals surface area contributed by atoms with Crippen LogP contribution in [-0.2, 0) is 11.2 Å². The molecule has 122 valence electrons. The van der Waals surface area contributed by atoms with Crippen molar-refractivity contribution in [3.05, 3.63) is 65.2 Å². The standard InChI is InChI=1S/C20H25NO2/c1-4-19(18-8-6-5-7-15(18)2)21-20(22)14-11-16-9-12-17(23-3)13-10-16/h5-10,12-13,19H,4,11,14H2,1-3H3,(H,21,22). The Morgan fingerprint density at radius 3 is 2.43 bits per heavy atom. The molecule has 0 spiro atoms. The van der Waals surface area contributed by atoms with Crippen molar-refractivity contribution in [2.45, 2.75) is 39.2 Å². The molecule has 0 fully saturated rings. The number of carbonyl (C=O) groups excluding carboxylic acids is 1. The van der Waals surface area contributed by atoms with Gasteiger partial charge in [-0.25, -0.2) is 0 Å². The van der Waals surface area contributed by atoms with Crippen molar-refractivity contribution in [3.8, 4) is 5.75 Å². The Balaban J connectivity index is 1.91. The third-order valence-corrected chi connectivity index (χ3v) is 4.11. The van der Waals surface area contributed by atoms with Gasteiger partial charge in [0.1, 0.15) is 5.75 Å². The first kappa shape index (κ1) is 17.1. The second kappa shape index (κ2) is 8.37. The van der Waals surface area contributed by atoms with Crippen LogP contribution in [0, 0.1) is 6.92 Å². The van der Waals surface area contributed by atoms with Crippen molar-refractivity contribution in [1.82, 2.24) is 5.32 Å². The van der Waals surface area contributed by atoms with E-state index in [4.69, 9.17) is 4.74 Å². The SMILES string of the molecule is CCC(NC(=O)CCc1ccc(OC)cc1)c1ccccc1C. The quantitative estimate of drug-likeness (QED) is 0.832. The molecule has 0 aliphatic carbocycles. The van der Waals surface area contributed by atoms with Crippen LogP contribution in [0.3, 0.4) is 0 Å². The Morgan fingerprint density at radius 2 is 1.83 bits per heavy atom. The number of nitrogens with one attached hydrogen (secondary N) is 1. The van der Waals surface area contributed by atoms with Gasteiger partial charge in [-0.1, -0.05) is 43.3 Å². The van der Waals surface area contributed by atoms with E-state index in [1.54, 1.807) is 7.11 Å². The number of carbonyl (C=O) groups is 1. The number of hydrogen-bond acceptors (Lipinski definition) is 2. The summed E-state index contributed by atoms with van der Waals surface area (Å²) >= 11 is 0. The minimum absolute atomic E-state index is 0.0829. The molecule has 0 saturated carbocycles. The van der Waals surface area contributed by atoms with Gasteiger partial charge in [0, 0.05) is 6.42 Å². The van der Waals surface area contributed by atoms with E-state index < -0.39 is 0 Å². The molecule has 0 heterocycles. The summed E-state index contributed by atoms with van der Waals surface area (Å²) in [5, 5.41) is 3.15. The number of aryl methyl sites for hydroxylation is 2. The maximum atomic E-state index is 12.3. The van der Waals surface area contributed by atoms with E-state index in [1.807, 2.05) is 36.4 Å². The summed E-state index contributed by atoms with van der Waals surface area (Å²) < 4.78 is 5.14. The van der Waals surface area contributed by atoms with Crippen molar-refractivity contribution >= 4 is 5.91 Å². The van der Waals surface area contributed by atoms with E-state index in [9.17, 15) is 4.79 Å². The van der Waals surface area contributed by atoms with Crippen molar-refractivity contribution in [2.75, 3.05) is 7.11 Å². The number of hydrogen-bond donors (Lipinski definition) is 1. The highest BCUT2D eigenvalue weighted by Crippen LogP contribution is 2.20. The van der Waals surface area contributed by atoms with Crippen molar-refractivity contribution in [2.24, 2.45) is 0 Å². The molecule has 23 heavy (non-hydrogen) atoms. The third-order valence-electron chi connectivity index (χ3n) is 4.11. The number of ether oxygens (including phenoxy) is 1. The second-order valence-electron chi connectivity index (χ2n) is 5.73. The maximum Gasteiger partial charge on any atom is 0.220 e. The number of benzene rings is 2. The lowest BCUT2D eigenvalue weighted by molar-refractivity contribution is -0.121. The summed E-state index contributed by atoms with van der Waals surface area (Å²) in [6, 6.07) is 16.2. The summed E-state index contributed by atoms with van der Waals surface area (Å²) in [4.78, 5) is 12.3. The Morgan fingerprint density at radius 1 is 1.13 bits per heavy atom. The van der Waals surface area contributed by atoms with Crippen LogP contribution >= 0.6 is 0 Å². The number of rotatable bonds is 7. The lowest BCUT2D eigenvalue weighted by atomic mass is 9.99. The average molecular weight is 311 g/mol. The van der Waals surface area contributed by atoms with Crippen LogP contribution in [0.25, 0.3) is 0 Å². The predicted octanol–water partition coefficient (Wildman–Crippen LogP) is 4.20. The minimum atomic E-state index is 0.0829. The highest BCUT2D eigenvalue weighted by Gasteiger charge is 2.14. The molecule has 3 heteroatoms. The Hall–Kier alpha value is -2.29. The topological polar surface area (TPSA) is 38.3 Å². The molecule has 1 unspecified atom stereocenters. The normalized spacial score (nSPS) is 11.8. The number of methoxy groups -OCH3 is 1. The molecule has 0 aliphatic rings. The molecule has 0 aliphatic heterocycles. The Kier molecular flexibility index (Phi) is 6.21. The molecule has 2 aromatic rings. The maximum absolute atomic E-state index is 12.3. The predicted molar refractivity (Wildman–Crippen MR) is 93.7 cm³/mol. The van der Waals surface area contributed by atoms with Gasteiger partial charge in [-0.05, 0) is 48.6 Å². The first-order chi connectivity index (χ1) is 11.1. The van der Waals surface area contributed by atoms with Crippen LogP contribution in [0.15, 0.2) is 48.5 Å². The van der Waals surface area contributed by atoms with Gasteiger partial charge in [0.25, 0.3) is 0 Å². The highest BCUT2D eigenvalue weighted by molar-refractivity contribution is 5.76.